The van der Waals surface area contributed by atoms with Crippen LogP contribution in [0.2, 0.25) is 0 Å². The van der Waals surface area contributed by atoms with Crippen molar-refractivity contribution < 1.29 is 13.7 Å². The van der Waals surface area contributed by atoms with E-state index < -0.39 is 10.8 Å². The van der Waals surface area contributed by atoms with Crippen LogP contribution in [0.15, 0.2) is 0 Å². The van der Waals surface area contributed by atoms with Gasteiger partial charge in [-0.3, -0.25) is 13.9 Å². The first-order valence-corrected chi connectivity index (χ1v) is 8.21. The minimum absolute atomic E-state index is 0.0985. The van der Waals surface area contributed by atoms with Gasteiger partial charge in [0, 0.05) is 40.8 Å². The lowest BCUT2D eigenvalue weighted by Crippen LogP contribution is -2.49. The van der Waals surface area contributed by atoms with Crippen LogP contribution in [0, 0.1) is 0 Å². The second-order valence-corrected chi connectivity index (χ2v) is 6.74. The number of rotatable bonds is 6. The lowest BCUT2D eigenvalue weighted by atomic mass is 10.1. The summed E-state index contributed by atoms with van der Waals surface area (Å²) in [5, 5.41) is 0.254. The third kappa shape index (κ3) is 4.69. The van der Waals surface area contributed by atoms with E-state index in [2.05, 4.69) is 18.7 Å². The predicted molar refractivity (Wildman–Crippen MR) is 74.0 cm³/mol. The molecule has 0 amide bonds. The number of esters is 1. The van der Waals surface area contributed by atoms with E-state index in [-0.39, 0.29) is 11.2 Å². The summed E-state index contributed by atoms with van der Waals surface area (Å²) in [6.45, 7) is 8.40. The Morgan fingerprint density at radius 2 is 2.11 bits per heavy atom. The first kappa shape index (κ1) is 15.6. The van der Waals surface area contributed by atoms with Gasteiger partial charge in [-0.25, -0.2) is 0 Å². The summed E-state index contributed by atoms with van der Waals surface area (Å²) >= 11 is 0. The molecule has 0 aliphatic carbocycles. The largest absolute Gasteiger partial charge is 0.466 e. The number of unbranched alkanes of at least 4 members (excludes halogenated alkanes) is 1. The number of nitrogens with zero attached hydrogens (tertiary/aromatic N) is 1. The summed E-state index contributed by atoms with van der Waals surface area (Å²) in [6.07, 6.45) is 2.39. The maximum Gasteiger partial charge on any atom is 0.305 e. The zero-order valence-electron chi connectivity index (χ0n) is 11.7. The van der Waals surface area contributed by atoms with E-state index in [9.17, 15) is 9.00 Å². The first-order chi connectivity index (χ1) is 8.56. The SMILES string of the molecule is CCOC(=O)CCCCN1CCS(=O)C(C)C1C. The summed E-state index contributed by atoms with van der Waals surface area (Å²) in [4.78, 5) is 13.6. The molecular weight excluding hydrogens is 250 g/mol. The topological polar surface area (TPSA) is 46.6 Å². The van der Waals surface area contributed by atoms with Gasteiger partial charge in [0.15, 0.2) is 0 Å². The van der Waals surface area contributed by atoms with Crippen molar-refractivity contribution in [2.24, 2.45) is 0 Å². The quantitative estimate of drug-likeness (QED) is 0.545. The molecule has 0 bridgehead atoms. The van der Waals surface area contributed by atoms with E-state index in [1.165, 1.54) is 0 Å². The molecule has 0 spiro atoms. The molecule has 0 saturated carbocycles. The summed E-state index contributed by atoms with van der Waals surface area (Å²) in [6, 6.07) is 0.377. The van der Waals surface area contributed by atoms with Gasteiger partial charge >= 0.3 is 5.97 Å². The molecule has 1 fully saturated rings. The molecule has 3 atom stereocenters. The average molecular weight is 275 g/mol. The van der Waals surface area contributed by atoms with Crippen LogP contribution >= 0.6 is 0 Å². The van der Waals surface area contributed by atoms with Crippen molar-refractivity contribution in [1.29, 1.82) is 0 Å². The van der Waals surface area contributed by atoms with Crippen LogP contribution in [0.5, 0.6) is 0 Å². The van der Waals surface area contributed by atoms with Crippen LogP contribution in [0.4, 0.5) is 0 Å². The van der Waals surface area contributed by atoms with Crippen molar-refractivity contribution in [2.45, 2.75) is 51.3 Å². The van der Waals surface area contributed by atoms with Crippen LogP contribution in [-0.2, 0) is 20.3 Å². The van der Waals surface area contributed by atoms with Crippen LogP contribution in [0.25, 0.3) is 0 Å². The van der Waals surface area contributed by atoms with E-state index in [1.54, 1.807) is 0 Å². The smallest absolute Gasteiger partial charge is 0.305 e. The second kappa shape index (κ2) is 7.89. The van der Waals surface area contributed by atoms with Crippen molar-refractivity contribution in [3.8, 4) is 0 Å². The Morgan fingerprint density at radius 3 is 2.78 bits per heavy atom. The van der Waals surface area contributed by atoms with E-state index in [4.69, 9.17) is 4.74 Å². The second-order valence-electron chi connectivity index (χ2n) is 4.83. The lowest BCUT2D eigenvalue weighted by molar-refractivity contribution is -0.143. The molecule has 1 saturated heterocycles. The monoisotopic (exact) mass is 275 g/mol. The highest BCUT2D eigenvalue weighted by Crippen LogP contribution is 2.17. The molecule has 1 heterocycles. The first-order valence-electron chi connectivity index (χ1n) is 6.83. The summed E-state index contributed by atoms with van der Waals surface area (Å²) in [5.74, 6) is 0.683. The van der Waals surface area contributed by atoms with E-state index in [0.29, 0.717) is 19.1 Å². The molecule has 0 N–H and O–H groups in total. The van der Waals surface area contributed by atoms with Gasteiger partial charge in [-0.1, -0.05) is 0 Å². The van der Waals surface area contributed by atoms with Gasteiger partial charge in [0.25, 0.3) is 0 Å². The molecule has 5 heteroatoms. The normalized spacial score (nSPS) is 29.2. The van der Waals surface area contributed by atoms with Gasteiger partial charge in [0.05, 0.1) is 6.61 Å². The fourth-order valence-electron chi connectivity index (χ4n) is 2.25. The molecule has 1 aliphatic heterocycles. The highest BCUT2D eigenvalue weighted by atomic mass is 32.2. The maximum atomic E-state index is 11.7. The van der Waals surface area contributed by atoms with Gasteiger partial charge in [0.1, 0.15) is 0 Å². The Balaban J connectivity index is 2.19. The molecule has 4 nitrogen and oxygen atoms in total. The molecule has 106 valence electrons. The van der Waals surface area contributed by atoms with Crippen LogP contribution in [0.1, 0.15) is 40.0 Å². The van der Waals surface area contributed by atoms with Crippen LogP contribution < -0.4 is 0 Å². The van der Waals surface area contributed by atoms with Crippen molar-refractivity contribution in [3.05, 3.63) is 0 Å². The van der Waals surface area contributed by atoms with Gasteiger partial charge < -0.3 is 4.74 Å². The number of carbonyl (C=O) groups excluding carboxylic acids is 1. The van der Waals surface area contributed by atoms with E-state index in [0.717, 1.165) is 31.7 Å². The molecule has 18 heavy (non-hydrogen) atoms. The molecule has 0 aromatic heterocycles. The fourth-order valence-corrected chi connectivity index (χ4v) is 3.64. The number of ether oxygens (including phenoxy) is 1. The standard InChI is InChI=1S/C13H25NO3S/c1-4-17-13(15)7-5-6-8-14-9-10-18(16)12(3)11(14)2/h11-12H,4-10H2,1-3H3. The molecule has 1 aliphatic rings. The third-order valence-electron chi connectivity index (χ3n) is 3.63. The van der Waals surface area contributed by atoms with E-state index >= 15 is 0 Å². The van der Waals surface area contributed by atoms with E-state index in [1.807, 2.05) is 6.92 Å². The molecule has 0 aromatic carbocycles. The fraction of sp³-hybridized carbons (Fsp3) is 0.923. The number of hydrogen-bond acceptors (Lipinski definition) is 4. The van der Waals surface area contributed by atoms with Gasteiger partial charge in [-0.05, 0) is 40.2 Å². The third-order valence-corrected chi connectivity index (χ3v) is 5.44. The number of hydrogen-bond donors (Lipinski definition) is 0. The van der Waals surface area contributed by atoms with Crippen LogP contribution in [-0.4, -0.2) is 51.8 Å². The number of carbonyl (C=O) groups is 1. The zero-order valence-corrected chi connectivity index (χ0v) is 12.5. The van der Waals surface area contributed by atoms with Crippen LogP contribution in [0.3, 0.4) is 0 Å². The van der Waals surface area contributed by atoms with Crippen molar-refractivity contribution in [2.75, 3.05) is 25.4 Å². The van der Waals surface area contributed by atoms with Gasteiger partial charge in [-0.15, -0.1) is 0 Å². The maximum absolute atomic E-state index is 11.7. The summed E-state index contributed by atoms with van der Waals surface area (Å²) < 4.78 is 16.6. The van der Waals surface area contributed by atoms with Gasteiger partial charge in [0.2, 0.25) is 0 Å². The van der Waals surface area contributed by atoms with Crippen molar-refractivity contribution >= 4 is 16.8 Å². The summed E-state index contributed by atoms with van der Waals surface area (Å²) in [7, 11) is -0.669. The van der Waals surface area contributed by atoms with Gasteiger partial charge in [-0.2, -0.15) is 0 Å². The summed E-state index contributed by atoms with van der Waals surface area (Å²) in [5.41, 5.74) is 0. The highest BCUT2D eigenvalue weighted by molar-refractivity contribution is 7.85. The molecule has 1 rings (SSSR count). The Hall–Kier alpha value is -0.420. The Labute approximate surface area is 113 Å². The molecular formula is C13H25NO3S. The minimum atomic E-state index is -0.669. The predicted octanol–water partition coefficient (Wildman–Crippen LogP) is 1.56. The lowest BCUT2D eigenvalue weighted by Gasteiger charge is -2.37. The molecule has 0 radical (unpaired) electrons. The average Bonchev–Trinajstić information content (AvgIpc) is 2.34. The molecule has 0 aromatic rings. The Morgan fingerprint density at radius 1 is 1.39 bits per heavy atom. The zero-order chi connectivity index (χ0) is 13.5. The Kier molecular flexibility index (Phi) is 6.86. The minimum Gasteiger partial charge on any atom is -0.466 e. The molecule has 3 unspecified atom stereocenters. The Bertz CT molecular complexity index is 296. The van der Waals surface area contributed by atoms with Crippen molar-refractivity contribution in [3.63, 3.8) is 0 Å². The highest BCUT2D eigenvalue weighted by Gasteiger charge is 2.29. The van der Waals surface area contributed by atoms with Crippen molar-refractivity contribution in [1.82, 2.24) is 4.90 Å².